The molecule has 0 saturated heterocycles. The van der Waals surface area contributed by atoms with Gasteiger partial charge in [0.25, 0.3) is 5.89 Å². The van der Waals surface area contributed by atoms with Crippen LogP contribution in [0.4, 0.5) is 0 Å². The molecule has 1 aliphatic rings. The van der Waals surface area contributed by atoms with Gasteiger partial charge in [0, 0.05) is 5.02 Å². The number of rotatable bonds is 5. The van der Waals surface area contributed by atoms with E-state index in [0.29, 0.717) is 34.7 Å². The van der Waals surface area contributed by atoms with Gasteiger partial charge in [-0.15, -0.1) is 0 Å². The van der Waals surface area contributed by atoms with Crippen molar-refractivity contribution < 1.29 is 9.26 Å². The Hall–Kier alpha value is -1.59. The molecule has 1 aliphatic carbocycles. The van der Waals surface area contributed by atoms with E-state index >= 15 is 0 Å². The molecular formula is C15H18ClN3O2. The van der Waals surface area contributed by atoms with E-state index in [2.05, 4.69) is 17.1 Å². The maximum atomic E-state index is 6.22. The Labute approximate surface area is 128 Å². The summed E-state index contributed by atoms with van der Waals surface area (Å²) in [7, 11) is 0. The van der Waals surface area contributed by atoms with Gasteiger partial charge in [-0.25, -0.2) is 0 Å². The van der Waals surface area contributed by atoms with Gasteiger partial charge in [0.05, 0.1) is 17.7 Å². The first-order valence-electron chi connectivity index (χ1n) is 7.18. The first-order chi connectivity index (χ1) is 10.1. The average molecular weight is 308 g/mol. The van der Waals surface area contributed by atoms with Crippen LogP contribution in [0.15, 0.2) is 22.7 Å². The number of nitrogens with zero attached hydrogens (tertiary/aromatic N) is 2. The lowest BCUT2D eigenvalue weighted by Gasteiger charge is -2.34. The van der Waals surface area contributed by atoms with Crippen LogP contribution in [0.25, 0.3) is 11.5 Å². The summed E-state index contributed by atoms with van der Waals surface area (Å²) in [5.41, 5.74) is 6.49. The maximum Gasteiger partial charge on any atom is 0.261 e. The molecule has 0 aliphatic heterocycles. The molecule has 2 aromatic rings. The Morgan fingerprint density at radius 2 is 2.24 bits per heavy atom. The molecule has 6 heteroatoms. The Bertz CT molecular complexity index is 638. The maximum absolute atomic E-state index is 6.22. The zero-order valence-electron chi connectivity index (χ0n) is 11.9. The molecule has 3 rings (SSSR count). The number of nitrogens with two attached hydrogens (primary N) is 1. The third kappa shape index (κ3) is 2.76. The highest BCUT2D eigenvalue weighted by atomic mass is 35.5. The van der Waals surface area contributed by atoms with Gasteiger partial charge < -0.3 is 15.0 Å². The molecule has 0 amide bonds. The van der Waals surface area contributed by atoms with Crippen LogP contribution in [0, 0.1) is 0 Å². The summed E-state index contributed by atoms with van der Waals surface area (Å²) in [4.78, 5) is 4.44. The van der Waals surface area contributed by atoms with Crippen LogP contribution in [-0.2, 0) is 5.54 Å². The topological polar surface area (TPSA) is 74.2 Å². The zero-order chi connectivity index (χ0) is 14.9. The van der Waals surface area contributed by atoms with Crippen molar-refractivity contribution in [2.75, 3.05) is 6.61 Å². The Morgan fingerprint density at radius 3 is 2.90 bits per heavy atom. The predicted octanol–water partition coefficient (Wildman–Crippen LogP) is 3.52. The van der Waals surface area contributed by atoms with Crippen molar-refractivity contribution in [1.29, 1.82) is 0 Å². The van der Waals surface area contributed by atoms with E-state index in [1.807, 2.05) is 6.07 Å². The molecule has 0 bridgehead atoms. The summed E-state index contributed by atoms with van der Waals surface area (Å²) < 4.78 is 11.1. The van der Waals surface area contributed by atoms with Crippen LogP contribution < -0.4 is 10.5 Å². The van der Waals surface area contributed by atoms with Crippen molar-refractivity contribution in [2.24, 2.45) is 5.73 Å². The van der Waals surface area contributed by atoms with Crippen LogP contribution >= 0.6 is 11.6 Å². The summed E-state index contributed by atoms with van der Waals surface area (Å²) in [5, 5.41) is 4.62. The van der Waals surface area contributed by atoms with E-state index in [9.17, 15) is 0 Å². The monoisotopic (exact) mass is 307 g/mol. The number of halogens is 1. The summed E-state index contributed by atoms with van der Waals surface area (Å²) in [6.45, 7) is 2.67. The van der Waals surface area contributed by atoms with Gasteiger partial charge in [-0.1, -0.05) is 23.7 Å². The second kappa shape index (κ2) is 5.66. The molecule has 0 radical (unpaired) electrons. The first kappa shape index (κ1) is 14.4. The SMILES string of the molecule is CCCOc1ccc(Cl)cc1-c1nc(C2(N)CCC2)no1. The lowest BCUT2D eigenvalue weighted by Crippen LogP contribution is -2.44. The van der Waals surface area contributed by atoms with E-state index in [0.717, 1.165) is 25.7 Å². The molecule has 1 aromatic heterocycles. The van der Waals surface area contributed by atoms with Crippen LogP contribution in [0.2, 0.25) is 5.02 Å². The van der Waals surface area contributed by atoms with Crippen LogP contribution in [0.1, 0.15) is 38.4 Å². The smallest absolute Gasteiger partial charge is 0.261 e. The quantitative estimate of drug-likeness (QED) is 0.915. The molecule has 1 heterocycles. The Morgan fingerprint density at radius 1 is 1.43 bits per heavy atom. The van der Waals surface area contributed by atoms with Gasteiger partial charge in [-0.2, -0.15) is 4.98 Å². The molecule has 5 nitrogen and oxygen atoms in total. The minimum Gasteiger partial charge on any atom is -0.493 e. The van der Waals surface area contributed by atoms with E-state index in [1.165, 1.54) is 0 Å². The van der Waals surface area contributed by atoms with Gasteiger partial charge in [0.15, 0.2) is 5.82 Å². The second-order valence-corrected chi connectivity index (χ2v) is 5.86. The van der Waals surface area contributed by atoms with Crippen molar-refractivity contribution in [2.45, 2.75) is 38.1 Å². The second-order valence-electron chi connectivity index (χ2n) is 5.42. The molecule has 1 fully saturated rings. The molecular weight excluding hydrogens is 290 g/mol. The highest BCUT2D eigenvalue weighted by molar-refractivity contribution is 6.30. The van der Waals surface area contributed by atoms with Gasteiger partial charge in [0.2, 0.25) is 0 Å². The summed E-state index contributed by atoms with van der Waals surface area (Å²) >= 11 is 6.07. The summed E-state index contributed by atoms with van der Waals surface area (Å²) in [5.74, 6) is 1.65. The molecule has 21 heavy (non-hydrogen) atoms. The molecule has 2 N–H and O–H groups in total. The number of aromatic nitrogens is 2. The van der Waals surface area contributed by atoms with Gasteiger partial charge in [-0.05, 0) is 43.9 Å². The van der Waals surface area contributed by atoms with E-state index in [4.69, 9.17) is 26.6 Å². The Balaban J connectivity index is 1.94. The molecule has 1 saturated carbocycles. The third-order valence-corrected chi connectivity index (χ3v) is 3.99. The number of hydrogen-bond donors (Lipinski definition) is 1. The average Bonchev–Trinajstić information content (AvgIpc) is 2.93. The number of hydrogen-bond acceptors (Lipinski definition) is 5. The van der Waals surface area contributed by atoms with Crippen molar-refractivity contribution >= 4 is 11.6 Å². The lowest BCUT2D eigenvalue weighted by atomic mass is 9.77. The highest BCUT2D eigenvalue weighted by Crippen LogP contribution is 2.39. The van der Waals surface area contributed by atoms with Crippen LogP contribution in [0.5, 0.6) is 5.75 Å². The minimum absolute atomic E-state index is 0.398. The van der Waals surface area contributed by atoms with Crippen molar-refractivity contribution in [3.8, 4) is 17.2 Å². The fourth-order valence-corrected chi connectivity index (χ4v) is 2.50. The van der Waals surface area contributed by atoms with E-state index in [1.54, 1.807) is 12.1 Å². The lowest BCUT2D eigenvalue weighted by molar-refractivity contribution is 0.229. The molecule has 0 unspecified atom stereocenters. The Kier molecular flexibility index (Phi) is 3.87. The zero-order valence-corrected chi connectivity index (χ0v) is 12.7. The molecule has 0 spiro atoms. The molecule has 1 aromatic carbocycles. The largest absolute Gasteiger partial charge is 0.493 e. The van der Waals surface area contributed by atoms with Gasteiger partial charge >= 0.3 is 0 Å². The third-order valence-electron chi connectivity index (χ3n) is 3.75. The van der Waals surface area contributed by atoms with Gasteiger partial charge in [-0.3, -0.25) is 0 Å². The van der Waals surface area contributed by atoms with E-state index in [-0.39, 0.29) is 0 Å². The fraction of sp³-hybridized carbons (Fsp3) is 0.467. The minimum atomic E-state index is -0.440. The van der Waals surface area contributed by atoms with Crippen molar-refractivity contribution in [1.82, 2.24) is 10.1 Å². The van der Waals surface area contributed by atoms with E-state index < -0.39 is 5.54 Å². The summed E-state index contributed by atoms with van der Waals surface area (Å²) in [6, 6.07) is 5.37. The normalized spacial score (nSPS) is 16.5. The van der Waals surface area contributed by atoms with Crippen LogP contribution in [0.3, 0.4) is 0 Å². The fourth-order valence-electron chi connectivity index (χ4n) is 2.32. The first-order valence-corrected chi connectivity index (χ1v) is 7.56. The standard InChI is InChI=1S/C15H18ClN3O2/c1-2-8-20-12-5-4-10(16)9-11(12)13-18-14(19-21-13)15(17)6-3-7-15/h4-5,9H,2-3,6-8,17H2,1H3. The number of benzene rings is 1. The highest BCUT2D eigenvalue weighted by Gasteiger charge is 2.39. The van der Waals surface area contributed by atoms with Crippen molar-refractivity contribution in [3.05, 3.63) is 29.0 Å². The molecule has 112 valence electrons. The number of ether oxygens (including phenoxy) is 1. The predicted molar refractivity (Wildman–Crippen MR) is 80.2 cm³/mol. The van der Waals surface area contributed by atoms with Crippen LogP contribution in [-0.4, -0.2) is 16.7 Å². The van der Waals surface area contributed by atoms with Crippen molar-refractivity contribution in [3.63, 3.8) is 0 Å². The summed E-state index contributed by atoms with van der Waals surface area (Å²) in [6.07, 6.45) is 3.80. The van der Waals surface area contributed by atoms with Gasteiger partial charge in [0.1, 0.15) is 5.75 Å². The molecule has 0 atom stereocenters.